The van der Waals surface area contributed by atoms with E-state index in [4.69, 9.17) is 4.74 Å². The molecule has 0 bridgehead atoms. The minimum atomic E-state index is -0.542. The largest absolute Gasteiger partial charge is 0.465 e. The number of esters is 1. The summed E-state index contributed by atoms with van der Waals surface area (Å²) < 4.78 is 6.49. The lowest BCUT2D eigenvalue weighted by molar-refractivity contribution is -0.144. The van der Waals surface area contributed by atoms with Crippen LogP contribution in [0.5, 0.6) is 0 Å². The number of likely N-dealkylation sites (N-methyl/N-ethyl adjacent to an activating group) is 1. The Labute approximate surface area is 185 Å². The van der Waals surface area contributed by atoms with Gasteiger partial charge in [0, 0.05) is 30.8 Å². The van der Waals surface area contributed by atoms with Crippen molar-refractivity contribution >= 4 is 23.6 Å². The molecule has 0 saturated heterocycles. The average Bonchev–Trinajstić information content (AvgIpc) is 3.19. The highest BCUT2D eigenvalue weighted by molar-refractivity contribution is 6.03. The zero-order valence-electron chi connectivity index (χ0n) is 17.9. The third kappa shape index (κ3) is 4.25. The highest BCUT2D eigenvalue weighted by Gasteiger charge is 2.33. The molecule has 0 fully saturated rings. The lowest BCUT2D eigenvalue weighted by atomic mass is 9.89. The van der Waals surface area contributed by atoms with E-state index >= 15 is 0 Å². The number of fused-ring (bicyclic) bond motifs is 1. The normalized spacial score (nSPS) is 15.2. The van der Waals surface area contributed by atoms with Gasteiger partial charge in [0.1, 0.15) is 12.4 Å². The minimum Gasteiger partial charge on any atom is -0.465 e. The standard InChI is InChI=1S/C24H24N4O4/c1-3-32-22(29)15-28-21(13-20(26-28)16-9-5-4-6-10-16)25-23(30)19-14-27(2)24(31)18-12-8-7-11-17(18)19/h4-13,19H,3,14-15H2,1-2H3,(H,25,30). The summed E-state index contributed by atoms with van der Waals surface area (Å²) in [6, 6.07) is 18.4. The third-order valence-corrected chi connectivity index (χ3v) is 5.37. The van der Waals surface area contributed by atoms with Gasteiger partial charge < -0.3 is 15.0 Å². The van der Waals surface area contributed by atoms with Gasteiger partial charge in [0.15, 0.2) is 0 Å². The molecule has 164 valence electrons. The van der Waals surface area contributed by atoms with Crippen LogP contribution in [0.3, 0.4) is 0 Å². The number of benzene rings is 2. The molecule has 3 aromatic rings. The van der Waals surface area contributed by atoms with Gasteiger partial charge in [0.05, 0.1) is 18.2 Å². The van der Waals surface area contributed by atoms with Crippen LogP contribution in [0.15, 0.2) is 60.7 Å². The van der Waals surface area contributed by atoms with Crippen molar-refractivity contribution in [2.24, 2.45) is 0 Å². The number of aromatic nitrogens is 2. The number of carbonyl (C=O) groups is 3. The topological polar surface area (TPSA) is 93.5 Å². The van der Waals surface area contributed by atoms with Gasteiger partial charge >= 0.3 is 5.97 Å². The van der Waals surface area contributed by atoms with Crippen LogP contribution in [0.25, 0.3) is 11.3 Å². The second-order valence-electron chi connectivity index (χ2n) is 7.56. The Bertz CT molecular complexity index is 1160. The Morgan fingerprint density at radius 1 is 1.12 bits per heavy atom. The molecule has 2 aromatic carbocycles. The Hall–Kier alpha value is -3.94. The van der Waals surface area contributed by atoms with Crippen LogP contribution in [0.1, 0.15) is 28.8 Å². The zero-order chi connectivity index (χ0) is 22.7. The molecule has 2 amide bonds. The van der Waals surface area contributed by atoms with E-state index in [0.29, 0.717) is 22.6 Å². The fourth-order valence-corrected chi connectivity index (χ4v) is 3.81. The van der Waals surface area contributed by atoms with Crippen LogP contribution in [-0.2, 0) is 20.9 Å². The summed E-state index contributed by atoms with van der Waals surface area (Å²) >= 11 is 0. The molecule has 1 aliphatic rings. The van der Waals surface area contributed by atoms with E-state index < -0.39 is 11.9 Å². The van der Waals surface area contributed by atoms with Gasteiger partial charge in [-0.3, -0.25) is 14.4 Å². The van der Waals surface area contributed by atoms with Gasteiger partial charge in [-0.15, -0.1) is 0 Å². The van der Waals surface area contributed by atoms with E-state index in [1.165, 1.54) is 9.58 Å². The van der Waals surface area contributed by atoms with Gasteiger partial charge in [-0.05, 0) is 18.6 Å². The molecule has 0 saturated carbocycles. The molecular weight excluding hydrogens is 408 g/mol. The van der Waals surface area contributed by atoms with Crippen LogP contribution < -0.4 is 5.32 Å². The predicted octanol–water partition coefficient (Wildman–Crippen LogP) is 2.92. The summed E-state index contributed by atoms with van der Waals surface area (Å²) in [5.41, 5.74) is 2.69. The zero-order valence-corrected chi connectivity index (χ0v) is 17.9. The number of ether oxygens (including phenoxy) is 1. The van der Waals surface area contributed by atoms with E-state index in [-0.39, 0.29) is 31.5 Å². The summed E-state index contributed by atoms with van der Waals surface area (Å²) in [5, 5.41) is 7.42. The fraction of sp³-hybridized carbons (Fsp3) is 0.250. The number of hydrogen-bond donors (Lipinski definition) is 1. The van der Waals surface area contributed by atoms with Crippen molar-refractivity contribution in [3.8, 4) is 11.3 Å². The molecule has 4 rings (SSSR count). The molecule has 1 aromatic heterocycles. The molecule has 8 nitrogen and oxygen atoms in total. The molecule has 1 aliphatic heterocycles. The van der Waals surface area contributed by atoms with Gasteiger partial charge in [0.2, 0.25) is 5.91 Å². The van der Waals surface area contributed by atoms with Crippen molar-refractivity contribution in [1.29, 1.82) is 0 Å². The van der Waals surface area contributed by atoms with E-state index in [1.54, 1.807) is 38.2 Å². The number of nitrogens with zero attached hydrogens (tertiary/aromatic N) is 3. The van der Waals surface area contributed by atoms with Crippen molar-refractivity contribution in [2.45, 2.75) is 19.4 Å². The molecule has 1 atom stereocenters. The first-order chi connectivity index (χ1) is 15.5. The van der Waals surface area contributed by atoms with Gasteiger partial charge in [0.25, 0.3) is 5.91 Å². The lowest BCUT2D eigenvalue weighted by Crippen LogP contribution is -2.41. The van der Waals surface area contributed by atoms with Crippen LogP contribution in [0.2, 0.25) is 0 Å². The quantitative estimate of drug-likeness (QED) is 0.605. The van der Waals surface area contributed by atoms with Crippen molar-refractivity contribution in [1.82, 2.24) is 14.7 Å². The maximum absolute atomic E-state index is 13.3. The monoisotopic (exact) mass is 432 g/mol. The Balaban J connectivity index is 1.65. The number of amides is 2. The van der Waals surface area contributed by atoms with Crippen molar-refractivity contribution in [3.63, 3.8) is 0 Å². The van der Waals surface area contributed by atoms with E-state index in [9.17, 15) is 14.4 Å². The van der Waals surface area contributed by atoms with Crippen LogP contribution in [0.4, 0.5) is 5.82 Å². The molecule has 0 spiro atoms. The fourth-order valence-electron chi connectivity index (χ4n) is 3.81. The van der Waals surface area contributed by atoms with Crippen molar-refractivity contribution in [3.05, 3.63) is 71.8 Å². The number of rotatable bonds is 6. The van der Waals surface area contributed by atoms with Gasteiger partial charge in [-0.1, -0.05) is 48.5 Å². The van der Waals surface area contributed by atoms with Gasteiger partial charge in [-0.25, -0.2) is 4.68 Å². The van der Waals surface area contributed by atoms with E-state index in [2.05, 4.69) is 10.4 Å². The summed E-state index contributed by atoms with van der Waals surface area (Å²) in [6.45, 7) is 2.12. The molecule has 2 heterocycles. The highest BCUT2D eigenvalue weighted by Crippen LogP contribution is 2.29. The average molecular weight is 432 g/mol. The van der Waals surface area contributed by atoms with E-state index in [1.807, 2.05) is 36.4 Å². The van der Waals surface area contributed by atoms with Crippen molar-refractivity contribution < 1.29 is 19.1 Å². The molecule has 0 radical (unpaired) electrons. The molecule has 1 N–H and O–H groups in total. The maximum atomic E-state index is 13.3. The highest BCUT2D eigenvalue weighted by atomic mass is 16.5. The van der Waals surface area contributed by atoms with Crippen LogP contribution in [-0.4, -0.2) is 52.7 Å². The summed E-state index contributed by atoms with van der Waals surface area (Å²) in [5.74, 6) is -0.984. The molecular formula is C24H24N4O4. The number of carbonyl (C=O) groups excluding carboxylic acids is 3. The predicted molar refractivity (Wildman–Crippen MR) is 119 cm³/mol. The molecule has 32 heavy (non-hydrogen) atoms. The second kappa shape index (κ2) is 9.05. The smallest absolute Gasteiger partial charge is 0.327 e. The third-order valence-electron chi connectivity index (χ3n) is 5.37. The first-order valence-corrected chi connectivity index (χ1v) is 10.4. The van der Waals surface area contributed by atoms with Gasteiger partial charge in [-0.2, -0.15) is 5.10 Å². The maximum Gasteiger partial charge on any atom is 0.327 e. The van der Waals surface area contributed by atoms with E-state index in [0.717, 1.165) is 5.56 Å². The molecule has 1 unspecified atom stereocenters. The number of hydrogen-bond acceptors (Lipinski definition) is 5. The number of nitrogens with one attached hydrogen (secondary N) is 1. The summed E-state index contributed by atoms with van der Waals surface area (Å²) in [4.78, 5) is 39.4. The first kappa shape index (κ1) is 21.3. The second-order valence-corrected chi connectivity index (χ2v) is 7.56. The molecule has 0 aliphatic carbocycles. The van der Waals surface area contributed by atoms with Crippen LogP contribution >= 0.6 is 0 Å². The number of anilines is 1. The lowest BCUT2D eigenvalue weighted by Gasteiger charge is -2.31. The van der Waals surface area contributed by atoms with Crippen LogP contribution in [0, 0.1) is 0 Å². The SMILES string of the molecule is CCOC(=O)Cn1nc(-c2ccccc2)cc1NC(=O)C1CN(C)C(=O)c2ccccc21. The Kier molecular flexibility index (Phi) is 6.02. The Morgan fingerprint density at radius 3 is 2.59 bits per heavy atom. The molecule has 8 heteroatoms. The first-order valence-electron chi connectivity index (χ1n) is 10.4. The minimum absolute atomic E-state index is 0.108. The summed E-state index contributed by atoms with van der Waals surface area (Å²) in [6.07, 6.45) is 0. The summed E-state index contributed by atoms with van der Waals surface area (Å²) in [7, 11) is 1.68. The van der Waals surface area contributed by atoms with Crippen molar-refractivity contribution in [2.75, 3.05) is 25.5 Å². The Morgan fingerprint density at radius 2 is 1.84 bits per heavy atom.